The molecule has 0 radical (unpaired) electrons. The van der Waals surface area contributed by atoms with Gasteiger partial charge in [0.05, 0.1) is 7.11 Å². The number of carboxylic acids is 1. The first-order valence-electron chi connectivity index (χ1n) is 4.39. The van der Waals surface area contributed by atoms with Crippen molar-refractivity contribution in [2.24, 2.45) is 0 Å². The number of carbonyl (C=O) groups is 4. The highest BCUT2D eigenvalue weighted by atomic mass is 16.5. The number of hydrogen-bond acceptors (Lipinski definition) is 6. The van der Waals surface area contributed by atoms with Crippen LogP contribution in [0.15, 0.2) is 0 Å². The summed E-state index contributed by atoms with van der Waals surface area (Å²) in [7, 11) is 1.15. The van der Waals surface area contributed by atoms with Crippen LogP contribution in [0.3, 0.4) is 0 Å². The predicted octanol–water partition coefficient (Wildman–Crippen LogP) is -1.91. The first-order chi connectivity index (χ1) is 7.95. The van der Waals surface area contributed by atoms with Gasteiger partial charge in [0.1, 0.15) is 19.8 Å². The van der Waals surface area contributed by atoms with E-state index in [1.807, 2.05) is 10.6 Å². The molecule has 0 bridgehead atoms. The fraction of sp³-hybridized carbons (Fsp3) is 0.500. The van der Waals surface area contributed by atoms with Crippen molar-refractivity contribution in [1.82, 2.24) is 10.6 Å². The molecule has 0 spiro atoms. The second-order valence-electron chi connectivity index (χ2n) is 2.69. The fourth-order valence-corrected chi connectivity index (χ4v) is 0.663. The molecule has 0 saturated carbocycles. The highest BCUT2D eigenvalue weighted by Crippen LogP contribution is 1.77. The van der Waals surface area contributed by atoms with Crippen molar-refractivity contribution < 1.29 is 33.8 Å². The summed E-state index contributed by atoms with van der Waals surface area (Å²) in [6, 6.07) is -0.903. The van der Waals surface area contributed by atoms with Crippen LogP contribution in [-0.4, -0.2) is 55.9 Å². The summed E-state index contributed by atoms with van der Waals surface area (Å²) in [5.74, 6) is -2.73. The van der Waals surface area contributed by atoms with Gasteiger partial charge in [0.25, 0.3) is 5.91 Å². The summed E-state index contributed by atoms with van der Waals surface area (Å²) in [4.78, 5) is 42.5. The summed E-state index contributed by atoms with van der Waals surface area (Å²) in [6.07, 6.45) is 0. The lowest BCUT2D eigenvalue weighted by Gasteiger charge is -2.05. The Morgan fingerprint density at radius 1 is 1.18 bits per heavy atom. The Hall–Kier alpha value is -2.16. The van der Waals surface area contributed by atoms with E-state index in [-0.39, 0.29) is 6.54 Å². The zero-order valence-electron chi connectivity index (χ0n) is 9.02. The maximum absolute atomic E-state index is 10.9. The van der Waals surface area contributed by atoms with Gasteiger partial charge in [0.15, 0.2) is 0 Å². The first kappa shape index (κ1) is 14.8. The van der Waals surface area contributed by atoms with Crippen LogP contribution >= 0.6 is 0 Å². The quantitative estimate of drug-likeness (QED) is 0.467. The Bertz CT molecular complexity index is 315. The standard InChI is InChI=1S/C8H12N2O7/c1-16-7(14)2-9-8(15)10-5(11)3-17-4-6(12)13/h2-4H2,1H3,(H,12,13)(H2,9,10,11,15). The van der Waals surface area contributed by atoms with E-state index in [2.05, 4.69) is 9.47 Å². The second kappa shape index (κ2) is 8.05. The zero-order valence-corrected chi connectivity index (χ0v) is 9.02. The molecule has 96 valence electrons. The Kier molecular flexibility index (Phi) is 7.02. The van der Waals surface area contributed by atoms with Crippen molar-refractivity contribution in [3.63, 3.8) is 0 Å². The van der Waals surface area contributed by atoms with Crippen LogP contribution < -0.4 is 10.6 Å². The van der Waals surface area contributed by atoms with Crippen molar-refractivity contribution in [1.29, 1.82) is 0 Å². The number of carbonyl (C=O) groups excluding carboxylic acids is 3. The van der Waals surface area contributed by atoms with Crippen molar-refractivity contribution in [3.8, 4) is 0 Å². The third kappa shape index (κ3) is 8.81. The number of urea groups is 1. The lowest BCUT2D eigenvalue weighted by molar-refractivity contribution is -0.143. The molecular weight excluding hydrogens is 236 g/mol. The van der Waals surface area contributed by atoms with Crippen molar-refractivity contribution in [2.75, 3.05) is 26.9 Å². The maximum Gasteiger partial charge on any atom is 0.329 e. The molecule has 9 heteroatoms. The number of rotatable bonds is 6. The number of hydrogen-bond donors (Lipinski definition) is 3. The van der Waals surface area contributed by atoms with Crippen molar-refractivity contribution in [3.05, 3.63) is 0 Å². The van der Waals surface area contributed by atoms with E-state index in [9.17, 15) is 19.2 Å². The summed E-state index contributed by atoms with van der Waals surface area (Å²) >= 11 is 0. The predicted molar refractivity (Wildman–Crippen MR) is 52.0 cm³/mol. The van der Waals surface area contributed by atoms with Crippen molar-refractivity contribution in [2.45, 2.75) is 0 Å². The number of aliphatic carboxylic acids is 1. The van der Waals surface area contributed by atoms with Gasteiger partial charge >= 0.3 is 18.0 Å². The minimum absolute atomic E-state index is 0.383. The third-order valence-corrected chi connectivity index (χ3v) is 1.33. The van der Waals surface area contributed by atoms with E-state index < -0.39 is 37.1 Å². The lowest BCUT2D eigenvalue weighted by atomic mass is 10.6. The lowest BCUT2D eigenvalue weighted by Crippen LogP contribution is -2.43. The number of nitrogens with one attached hydrogen (secondary N) is 2. The van der Waals surface area contributed by atoms with Gasteiger partial charge in [0, 0.05) is 0 Å². The van der Waals surface area contributed by atoms with Gasteiger partial charge in [-0.2, -0.15) is 0 Å². The molecule has 0 aromatic carbocycles. The fourth-order valence-electron chi connectivity index (χ4n) is 0.663. The van der Waals surface area contributed by atoms with E-state index in [4.69, 9.17) is 5.11 Å². The van der Waals surface area contributed by atoms with E-state index in [1.165, 1.54) is 0 Å². The number of ether oxygens (including phenoxy) is 2. The smallest absolute Gasteiger partial charge is 0.329 e. The summed E-state index contributed by atoms with van der Waals surface area (Å²) in [5, 5.41) is 12.1. The number of carboxylic acid groups (broad SMARTS) is 1. The van der Waals surface area contributed by atoms with Crippen LogP contribution in [0.5, 0.6) is 0 Å². The van der Waals surface area contributed by atoms with Crippen LogP contribution in [0.4, 0.5) is 4.79 Å². The molecule has 0 aromatic heterocycles. The van der Waals surface area contributed by atoms with Crippen LogP contribution in [0.1, 0.15) is 0 Å². The normalized spacial score (nSPS) is 9.24. The highest BCUT2D eigenvalue weighted by Gasteiger charge is 2.09. The van der Waals surface area contributed by atoms with E-state index in [0.717, 1.165) is 7.11 Å². The Balaban J connectivity index is 3.69. The minimum atomic E-state index is -1.23. The largest absolute Gasteiger partial charge is 0.480 e. The highest BCUT2D eigenvalue weighted by molar-refractivity contribution is 5.95. The van der Waals surface area contributed by atoms with Crippen LogP contribution in [0.2, 0.25) is 0 Å². The second-order valence-corrected chi connectivity index (χ2v) is 2.69. The maximum atomic E-state index is 10.9. The first-order valence-corrected chi connectivity index (χ1v) is 4.39. The molecule has 0 unspecified atom stereocenters. The molecule has 0 rings (SSSR count). The molecule has 17 heavy (non-hydrogen) atoms. The third-order valence-electron chi connectivity index (χ3n) is 1.33. The van der Waals surface area contributed by atoms with E-state index in [1.54, 1.807) is 0 Å². The van der Waals surface area contributed by atoms with Gasteiger partial charge in [0.2, 0.25) is 0 Å². The number of esters is 1. The van der Waals surface area contributed by atoms with Gasteiger partial charge in [-0.3, -0.25) is 14.9 Å². The molecule has 0 heterocycles. The topological polar surface area (TPSA) is 131 Å². The molecule has 0 saturated heterocycles. The number of imide groups is 1. The minimum Gasteiger partial charge on any atom is -0.480 e. The van der Waals surface area contributed by atoms with Crippen molar-refractivity contribution >= 4 is 23.9 Å². The number of methoxy groups -OCH3 is 1. The van der Waals surface area contributed by atoms with Gasteiger partial charge in [-0.15, -0.1) is 0 Å². The summed E-state index contributed by atoms with van der Waals surface area (Å²) in [5.41, 5.74) is 0. The number of amides is 3. The van der Waals surface area contributed by atoms with Gasteiger partial charge in [-0.1, -0.05) is 0 Å². The average Bonchev–Trinajstić information content (AvgIpc) is 2.25. The Morgan fingerprint density at radius 2 is 1.82 bits per heavy atom. The molecular formula is C8H12N2O7. The molecule has 0 aromatic rings. The van der Waals surface area contributed by atoms with E-state index in [0.29, 0.717) is 0 Å². The molecule has 3 amide bonds. The molecule has 0 aliphatic rings. The monoisotopic (exact) mass is 248 g/mol. The average molecular weight is 248 g/mol. The van der Waals surface area contributed by atoms with E-state index >= 15 is 0 Å². The van der Waals surface area contributed by atoms with Gasteiger partial charge in [-0.05, 0) is 0 Å². The van der Waals surface area contributed by atoms with Crippen LogP contribution in [-0.2, 0) is 23.9 Å². The molecule has 0 aliphatic carbocycles. The van der Waals surface area contributed by atoms with Gasteiger partial charge in [-0.25, -0.2) is 9.59 Å². The van der Waals surface area contributed by atoms with Crippen LogP contribution in [0, 0.1) is 0 Å². The Labute approximate surface area is 96.1 Å². The zero-order chi connectivity index (χ0) is 13.3. The molecule has 9 nitrogen and oxygen atoms in total. The summed E-state index contributed by atoms with van der Waals surface area (Å²) < 4.78 is 8.66. The van der Waals surface area contributed by atoms with Crippen LogP contribution in [0.25, 0.3) is 0 Å². The molecule has 0 atom stereocenters. The molecule has 3 N–H and O–H groups in total. The molecule has 0 fully saturated rings. The summed E-state index contributed by atoms with van der Waals surface area (Å²) in [6.45, 7) is -1.60. The molecule has 0 aliphatic heterocycles. The Morgan fingerprint density at radius 3 is 2.35 bits per heavy atom. The van der Waals surface area contributed by atoms with Gasteiger partial charge < -0.3 is 19.9 Å². The SMILES string of the molecule is COC(=O)CNC(=O)NC(=O)COCC(=O)O.